The molecule has 0 atom stereocenters. The summed E-state index contributed by atoms with van der Waals surface area (Å²) in [6, 6.07) is 23.1. The molecule has 0 saturated heterocycles. The molecule has 0 aliphatic heterocycles. The van der Waals surface area contributed by atoms with E-state index < -0.39 is 0 Å². The zero-order valence-corrected chi connectivity index (χ0v) is 17.5. The second kappa shape index (κ2) is 9.55. The van der Waals surface area contributed by atoms with Gasteiger partial charge < -0.3 is 18.8 Å². The molecule has 0 aliphatic carbocycles. The third-order valence-electron chi connectivity index (χ3n) is 4.77. The molecule has 0 bridgehead atoms. The van der Waals surface area contributed by atoms with Gasteiger partial charge in [-0.1, -0.05) is 23.7 Å². The third-order valence-corrected chi connectivity index (χ3v) is 5.02. The molecule has 0 amide bonds. The van der Waals surface area contributed by atoms with Gasteiger partial charge in [0.25, 0.3) is 0 Å². The number of halogens is 1. The van der Waals surface area contributed by atoms with E-state index in [0.29, 0.717) is 18.2 Å². The Bertz CT molecular complexity index is 1090. The fraction of sp³-hybridized carbons (Fsp3) is 0.208. The van der Waals surface area contributed by atoms with Gasteiger partial charge in [0, 0.05) is 11.6 Å². The SMILES string of the molecule is COc1ccc(OCCCn2c(COc3ccc(Cl)cc3)nc3ccccc32)cc1. The van der Waals surface area contributed by atoms with Crippen LogP contribution >= 0.6 is 11.6 Å². The van der Waals surface area contributed by atoms with E-state index >= 15 is 0 Å². The van der Waals surface area contributed by atoms with Gasteiger partial charge in [-0.3, -0.25) is 0 Å². The molecule has 4 rings (SSSR count). The Morgan fingerprint density at radius 1 is 0.833 bits per heavy atom. The number of hydrogen-bond acceptors (Lipinski definition) is 4. The van der Waals surface area contributed by atoms with Crippen LogP contribution in [-0.4, -0.2) is 23.3 Å². The maximum Gasteiger partial charge on any atom is 0.147 e. The number of fused-ring (bicyclic) bond motifs is 1. The molecule has 0 spiro atoms. The summed E-state index contributed by atoms with van der Waals surface area (Å²) in [5, 5.41) is 0.687. The Balaban J connectivity index is 1.41. The maximum atomic E-state index is 5.95. The Kier molecular flexibility index (Phi) is 6.40. The quantitative estimate of drug-likeness (QED) is 0.322. The zero-order valence-electron chi connectivity index (χ0n) is 16.8. The van der Waals surface area contributed by atoms with Crippen LogP contribution in [-0.2, 0) is 13.2 Å². The zero-order chi connectivity index (χ0) is 20.8. The molecule has 1 aromatic heterocycles. The summed E-state index contributed by atoms with van der Waals surface area (Å²) in [5.74, 6) is 3.30. The summed E-state index contributed by atoms with van der Waals surface area (Å²) >= 11 is 5.95. The predicted octanol–water partition coefficient (Wildman–Crippen LogP) is 5.75. The van der Waals surface area contributed by atoms with Crippen molar-refractivity contribution in [1.29, 1.82) is 0 Å². The van der Waals surface area contributed by atoms with Crippen LogP contribution in [0.5, 0.6) is 17.2 Å². The van der Waals surface area contributed by atoms with Crippen molar-refractivity contribution in [1.82, 2.24) is 9.55 Å². The highest BCUT2D eigenvalue weighted by Gasteiger charge is 2.11. The van der Waals surface area contributed by atoms with Crippen molar-refractivity contribution in [2.75, 3.05) is 13.7 Å². The van der Waals surface area contributed by atoms with Crippen LogP contribution in [0.25, 0.3) is 11.0 Å². The molecule has 0 N–H and O–H groups in total. The Labute approximate surface area is 180 Å². The first-order valence-corrected chi connectivity index (χ1v) is 10.2. The first kappa shape index (κ1) is 20.1. The second-order valence-corrected chi connectivity index (χ2v) is 7.22. The van der Waals surface area contributed by atoms with Gasteiger partial charge in [0.05, 0.1) is 24.8 Å². The van der Waals surface area contributed by atoms with Crippen molar-refractivity contribution in [3.05, 3.63) is 83.6 Å². The Morgan fingerprint density at radius 2 is 1.50 bits per heavy atom. The standard InChI is InChI=1S/C24H23ClN2O3/c1-28-19-11-13-20(14-12-19)29-16-4-15-27-23-6-3-2-5-22(23)26-24(27)17-30-21-9-7-18(25)8-10-21/h2-3,5-14H,4,15-17H2,1H3. The summed E-state index contributed by atoms with van der Waals surface area (Å²) in [6.07, 6.45) is 0.848. The minimum absolute atomic E-state index is 0.385. The number of nitrogens with zero attached hydrogens (tertiary/aromatic N) is 2. The number of aryl methyl sites for hydroxylation is 1. The highest BCUT2D eigenvalue weighted by molar-refractivity contribution is 6.30. The van der Waals surface area contributed by atoms with E-state index in [4.69, 9.17) is 30.8 Å². The molecule has 0 aliphatic rings. The topological polar surface area (TPSA) is 45.5 Å². The molecule has 1 heterocycles. The molecule has 0 unspecified atom stereocenters. The molecule has 3 aromatic carbocycles. The van der Waals surface area contributed by atoms with Crippen LogP contribution in [0.2, 0.25) is 5.02 Å². The lowest BCUT2D eigenvalue weighted by Crippen LogP contribution is -2.10. The van der Waals surface area contributed by atoms with Crippen molar-refractivity contribution < 1.29 is 14.2 Å². The summed E-state index contributed by atoms with van der Waals surface area (Å²) in [4.78, 5) is 4.76. The van der Waals surface area contributed by atoms with Crippen molar-refractivity contribution in [2.24, 2.45) is 0 Å². The number of rotatable bonds is 9. The van der Waals surface area contributed by atoms with Gasteiger partial charge in [-0.15, -0.1) is 0 Å². The molecule has 30 heavy (non-hydrogen) atoms. The molecule has 0 saturated carbocycles. The number of imidazole rings is 1. The van der Waals surface area contributed by atoms with Crippen molar-refractivity contribution in [2.45, 2.75) is 19.6 Å². The van der Waals surface area contributed by atoms with E-state index in [2.05, 4.69) is 10.6 Å². The summed E-state index contributed by atoms with van der Waals surface area (Å²) < 4.78 is 19.2. The normalized spacial score (nSPS) is 10.9. The van der Waals surface area contributed by atoms with E-state index in [1.54, 1.807) is 7.11 Å². The fourth-order valence-corrected chi connectivity index (χ4v) is 3.37. The molecular weight excluding hydrogens is 400 g/mol. The second-order valence-electron chi connectivity index (χ2n) is 6.79. The lowest BCUT2D eigenvalue weighted by atomic mass is 10.3. The lowest BCUT2D eigenvalue weighted by Gasteiger charge is -2.11. The number of hydrogen-bond donors (Lipinski definition) is 0. The van der Waals surface area contributed by atoms with E-state index in [1.165, 1.54) is 0 Å². The van der Waals surface area contributed by atoms with Crippen LogP contribution in [0.3, 0.4) is 0 Å². The minimum atomic E-state index is 0.385. The van der Waals surface area contributed by atoms with Gasteiger partial charge in [0.15, 0.2) is 0 Å². The molecule has 154 valence electrons. The number of benzene rings is 3. The van der Waals surface area contributed by atoms with Crippen LogP contribution in [0.4, 0.5) is 0 Å². The van der Waals surface area contributed by atoms with Crippen LogP contribution < -0.4 is 14.2 Å². The first-order chi connectivity index (χ1) is 14.7. The number of ether oxygens (including phenoxy) is 3. The van der Waals surface area contributed by atoms with Gasteiger partial charge >= 0.3 is 0 Å². The van der Waals surface area contributed by atoms with Crippen molar-refractivity contribution >= 4 is 22.6 Å². The number of methoxy groups -OCH3 is 1. The molecule has 4 aromatic rings. The van der Waals surface area contributed by atoms with E-state index in [0.717, 1.165) is 47.1 Å². The van der Waals surface area contributed by atoms with E-state index in [-0.39, 0.29) is 0 Å². The lowest BCUT2D eigenvalue weighted by molar-refractivity contribution is 0.280. The number of para-hydroxylation sites is 2. The molecule has 6 heteroatoms. The third kappa shape index (κ3) is 4.86. The van der Waals surface area contributed by atoms with Gasteiger partial charge in [-0.25, -0.2) is 4.98 Å². The average molecular weight is 423 g/mol. The monoisotopic (exact) mass is 422 g/mol. The van der Waals surface area contributed by atoms with Crippen LogP contribution in [0, 0.1) is 0 Å². The van der Waals surface area contributed by atoms with Gasteiger partial charge in [0.2, 0.25) is 0 Å². The fourth-order valence-electron chi connectivity index (χ4n) is 3.25. The van der Waals surface area contributed by atoms with Crippen LogP contribution in [0.15, 0.2) is 72.8 Å². The average Bonchev–Trinajstić information content (AvgIpc) is 3.14. The minimum Gasteiger partial charge on any atom is -0.497 e. The molecule has 0 fully saturated rings. The highest BCUT2D eigenvalue weighted by atomic mass is 35.5. The number of aromatic nitrogens is 2. The van der Waals surface area contributed by atoms with E-state index in [1.807, 2.05) is 66.7 Å². The Hall–Kier alpha value is -3.18. The highest BCUT2D eigenvalue weighted by Crippen LogP contribution is 2.21. The van der Waals surface area contributed by atoms with Crippen molar-refractivity contribution in [3.63, 3.8) is 0 Å². The van der Waals surface area contributed by atoms with Crippen LogP contribution in [0.1, 0.15) is 12.2 Å². The Morgan fingerprint density at radius 3 is 2.27 bits per heavy atom. The molecule has 5 nitrogen and oxygen atoms in total. The maximum absolute atomic E-state index is 5.95. The summed E-state index contributed by atoms with van der Waals surface area (Å²) in [7, 11) is 1.65. The molecule has 0 radical (unpaired) electrons. The summed E-state index contributed by atoms with van der Waals surface area (Å²) in [5.41, 5.74) is 2.06. The van der Waals surface area contributed by atoms with Gasteiger partial charge in [-0.05, 0) is 67.1 Å². The summed E-state index contributed by atoms with van der Waals surface area (Å²) in [6.45, 7) is 1.78. The van der Waals surface area contributed by atoms with E-state index in [9.17, 15) is 0 Å². The largest absolute Gasteiger partial charge is 0.497 e. The predicted molar refractivity (Wildman–Crippen MR) is 119 cm³/mol. The van der Waals surface area contributed by atoms with Gasteiger partial charge in [0.1, 0.15) is 29.7 Å². The first-order valence-electron chi connectivity index (χ1n) is 9.82. The smallest absolute Gasteiger partial charge is 0.147 e. The molecular formula is C24H23ClN2O3. The van der Waals surface area contributed by atoms with Crippen molar-refractivity contribution in [3.8, 4) is 17.2 Å². The van der Waals surface area contributed by atoms with Gasteiger partial charge in [-0.2, -0.15) is 0 Å².